The highest BCUT2D eigenvalue weighted by atomic mass is 16.2. The first-order valence-corrected chi connectivity index (χ1v) is 6.14. The molecule has 1 unspecified atom stereocenters. The molecule has 1 aliphatic rings. The van der Waals surface area contributed by atoms with Crippen molar-refractivity contribution in [3.63, 3.8) is 0 Å². The Morgan fingerprint density at radius 1 is 1.44 bits per heavy atom. The fourth-order valence-electron chi connectivity index (χ4n) is 2.58. The van der Waals surface area contributed by atoms with Crippen molar-refractivity contribution in [2.45, 2.75) is 25.8 Å². The molecule has 1 aromatic heterocycles. The van der Waals surface area contributed by atoms with E-state index in [-0.39, 0.29) is 11.9 Å². The molecule has 18 heavy (non-hydrogen) atoms. The van der Waals surface area contributed by atoms with Gasteiger partial charge < -0.3 is 4.90 Å². The molecule has 0 fully saturated rings. The van der Waals surface area contributed by atoms with Gasteiger partial charge in [-0.25, -0.2) is 0 Å². The van der Waals surface area contributed by atoms with E-state index in [2.05, 4.69) is 23.2 Å². The van der Waals surface area contributed by atoms with Crippen molar-refractivity contribution in [3.8, 4) is 0 Å². The zero-order valence-corrected chi connectivity index (χ0v) is 10.3. The van der Waals surface area contributed by atoms with Crippen molar-refractivity contribution in [1.29, 1.82) is 0 Å². The average molecular weight is 241 g/mol. The summed E-state index contributed by atoms with van der Waals surface area (Å²) in [6.45, 7) is 2.09. The number of rotatable bonds is 2. The number of anilines is 1. The Kier molecular flexibility index (Phi) is 2.63. The lowest BCUT2D eigenvalue weighted by atomic mass is 10.1. The van der Waals surface area contributed by atoms with E-state index in [1.807, 2.05) is 29.2 Å². The number of benzene rings is 1. The molecule has 1 aliphatic heterocycles. The van der Waals surface area contributed by atoms with Crippen LogP contribution >= 0.6 is 0 Å². The van der Waals surface area contributed by atoms with Gasteiger partial charge in [-0.3, -0.25) is 9.89 Å². The molecule has 1 N–H and O–H groups in total. The van der Waals surface area contributed by atoms with Crippen LogP contribution in [0.25, 0.3) is 0 Å². The molecule has 92 valence electrons. The lowest BCUT2D eigenvalue weighted by Crippen LogP contribution is -2.36. The molecule has 4 nitrogen and oxygen atoms in total. The van der Waals surface area contributed by atoms with Crippen LogP contribution in [0.15, 0.2) is 36.5 Å². The van der Waals surface area contributed by atoms with Gasteiger partial charge in [0.1, 0.15) is 0 Å². The van der Waals surface area contributed by atoms with Gasteiger partial charge in [0.05, 0.1) is 6.42 Å². The summed E-state index contributed by atoms with van der Waals surface area (Å²) < 4.78 is 0. The number of aromatic amines is 1. The molecular formula is C14H15N3O. The smallest absolute Gasteiger partial charge is 0.233 e. The fourth-order valence-corrected chi connectivity index (χ4v) is 2.58. The van der Waals surface area contributed by atoms with Gasteiger partial charge in [0, 0.05) is 23.6 Å². The van der Waals surface area contributed by atoms with E-state index < -0.39 is 0 Å². The van der Waals surface area contributed by atoms with E-state index in [1.54, 1.807) is 6.20 Å². The Balaban J connectivity index is 1.86. The van der Waals surface area contributed by atoms with E-state index in [0.717, 1.165) is 17.8 Å². The van der Waals surface area contributed by atoms with Gasteiger partial charge in [-0.2, -0.15) is 5.10 Å². The largest absolute Gasteiger partial charge is 0.309 e. The SMILES string of the molecule is CC1Cc2ccccc2N1C(=O)Cc1ccn[nH]1. The number of carbonyl (C=O) groups is 1. The van der Waals surface area contributed by atoms with Crippen LogP contribution in [0.4, 0.5) is 5.69 Å². The number of amides is 1. The van der Waals surface area contributed by atoms with Gasteiger partial charge in [0.25, 0.3) is 0 Å². The summed E-state index contributed by atoms with van der Waals surface area (Å²) in [4.78, 5) is 14.3. The van der Waals surface area contributed by atoms with Gasteiger partial charge in [0.2, 0.25) is 5.91 Å². The van der Waals surface area contributed by atoms with Crippen LogP contribution in [0.2, 0.25) is 0 Å². The molecule has 0 saturated carbocycles. The second-order valence-electron chi connectivity index (χ2n) is 4.70. The van der Waals surface area contributed by atoms with E-state index in [1.165, 1.54) is 5.56 Å². The Bertz CT molecular complexity index is 562. The highest BCUT2D eigenvalue weighted by Gasteiger charge is 2.30. The number of fused-ring (bicyclic) bond motifs is 1. The lowest BCUT2D eigenvalue weighted by Gasteiger charge is -2.22. The molecule has 0 bridgehead atoms. The molecule has 1 amide bonds. The highest BCUT2D eigenvalue weighted by Crippen LogP contribution is 2.32. The van der Waals surface area contributed by atoms with Gasteiger partial charge >= 0.3 is 0 Å². The van der Waals surface area contributed by atoms with Gasteiger partial charge in [-0.05, 0) is 31.0 Å². The van der Waals surface area contributed by atoms with Crippen LogP contribution in [0.5, 0.6) is 0 Å². The zero-order chi connectivity index (χ0) is 12.5. The average Bonchev–Trinajstić information content (AvgIpc) is 2.94. The third-order valence-corrected chi connectivity index (χ3v) is 3.38. The normalized spacial score (nSPS) is 17.8. The lowest BCUT2D eigenvalue weighted by molar-refractivity contribution is -0.118. The van der Waals surface area contributed by atoms with Crippen LogP contribution in [0, 0.1) is 0 Å². The van der Waals surface area contributed by atoms with Gasteiger partial charge in [0.15, 0.2) is 0 Å². The number of para-hydroxylation sites is 1. The first-order valence-electron chi connectivity index (χ1n) is 6.14. The standard InChI is InChI=1S/C14H15N3O/c1-10-8-11-4-2-3-5-13(11)17(10)14(18)9-12-6-7-15-16-12/h2-7,10H,8-9H2,1H3,(H,15,16). The second kappa shape index (κ2) is 4.29. The van der Waals surface area contributed by atoms with Crippen molar-refractivity contribution in [1.82, 2.24) is 10.2 Å². The molecule has 3 rings (SSSR count). The van der Waals surface area contributed by atoms with Crippen LogP contribution in [0.3, 0.4) is 0 Å². The Morgan fingerprint density at radius 3 is 3.06 bits per heavy atom. The number of hydrogen-bond acceptors (Lipinski definition) is 2. The summed E-state index contributed by atoms with van der Waals surface area (Å²) >= 11 is 0. The maximum absolute atomic E-state index is 12.4. The molecule has 0 aliphatic carbocycles. The summed E-state index contributed by atoms with van der Waals surface area (Å²) in [7, 11) is 0. The number of H-pyrrole nitrogens is 1. The number of hydrogen-bond donors (Lipinski definition) is 1. The van der Waals surface area contributed by atoms with Crippen molar-refractivity contribution < 1.29 is 4.79 Å². The third kappa shape index (κ3) is 1.79. The molecule has 2 aromatic rings. The fraction of sp³-hybridized carbons (Fsp3) is 0.286. The van der Waals surface area contributed by atoms with Crippen molar-refractivity contribution in [3.05, 3.63) is 47.8 Å². The maximum atomic E-state index is 12.4. The number of nitrogens with zero attached hydrogens (tertiary/aromatic N) is 2. The highest BCUT2D eigenvalue weighted by molar-refractivity contribution is 5.97. The van der Waals surface area contributed by atoms with E-state index >= 15 is 0 Å². The molecule has 0 radical (unpaired) electrons. The van der Waals surface area contributed by atoms with Crippen molar-refractivity contribution in [2.24, 2.45) is 0 Å². The van der Waals surface area contributed by atoms with E-state index in [0.29, 0.717) is 6.42 Å². The van der Waals surface area contributed by atoms with Gasteiger partial charge in [-0.1, -0.05) is 18.2 Å². The number of nitrogens with one attached hydrogen (secondary N) is 1. The molecule has 0 spiro atoms. The first kappa shape index (κ1) is 11.0. The van der Waals surface area contributed by atoms with E-state index in [9.17, 15) is 4.79 Å². The van der Waals surface area contributed by atoms with Crippen molar-refractivity contribution in [2.75, 3.05) is 4.90 Å². The predicted molar refractivity (Wildman–Crippen MR) is 69.4 cm³/mol. The summed E-state index contributed by atoms with van der Waals surface area (Å²) in [5.41, 5.74) is 3.16. The Morgan fingerprint density at radius 2 is 2.28 bits per heavy atom. The van der Waals surface area contributed by atoms with Crippen molar-refractivity contribution >= 4 is 11.6 Å². The molecule has 1 aromatic carbocycles. The molecule has 1 atom stereocenters. The monoisotopic (exact) mass is 241 g/mol. The van der Waals surface area contributed by atoms with Crippen LogP contribution < -0.4 is 4.90 Å². The summed E-state index contributed by atoms with van der Waals surface area (Å²) in [6.07, 6.45) is 2.98. The third-order valence-electron chi connectivity index (χ3n) is 3.38. The summed E-state index contributed by atoms with van der Waals surface area (Å²) in [5, 5.41) is 6.70. The maximum Gasteiger partial charge on any atom is 0.233 e. The second-order valence-corrected chi connectivity index (χ2v) is 4.70. The molecule has 2 heterocycles. The summed E-state index contributed by atoms with van der Waals surface area (Å²) in [5.74, 6) is 0.122. The minimum atomic E-state index is 0.122. The topological polar surface area (TPSA) is 49.0 Å². The molecular weight excluding hydrogens is 226 g/mol. The minimum Gasteiger partial charge on any atom is -0.309 e. The summed E-state index contributed by atoms with van der Waals surface area (Å²) in [6, 6.07) is 10.2. The number of carbonyl (C=O) groups excluding carboxylic acids is 1. The quantitative estimate of drug-likeness (QED) is 0.873. The van der Waals surface area contributed by atoms with Crippen LogP contribution in [-0.4, -0.2) is 22.1 Å². The number of aromatic nitrogens is 2. The van der Waals surface area contributed by atoms with Gasteiger partial charge in [-0.15, -0.1) is 0 Å². The van der Waals surface area contributed by atoms with E-state index in [4.69, 9.17) is 0 Å². The van der Waals surface area contributed by atoms with Crippen LogP contribution in [-0.2, 0) is 17.6 Å². The molecule has 0 saturated heterocycles. The Labute approximate surface area is 106 Å². The predicted octanol–water partition coefficient (Wildman–Crippen LogP) is 1.93. The first-order chi connectivity index (χ1) is 8.75. The Hall–Kier alpha value is -2.10. The molecule has 4 heteroatoms. The zero-order valence-electron chi connectivity index (χ0n) is 10.3. The minimum absolute atomic E-state index is 0.122. The van der Waals surface area contributed by atoms with Crippen LogP contribution in [0.1, 0.15) is 18.2 Å².